The Morgan fingerprint density at radius 3 is 2.67 bits per heavy atom. The number of nitrogens with zero attached hydrogens (tertiary/aromatic N) is 1. The molecule has 124 valence electrons. The normalized spacial score (nSPS) is 34.0. The highest BCUT2D eigenvalue weighted by Gasteiger charge is 2.40. The van der Waals surface area contributed by atoms with Crippen LogP contribution in [0.25, 0.3) is 0 Å². The lowest BCUT2D eigenvalue weighted by Crippen LogP contribution is -2.54. The van der Waals surface area contributed by atoms with Crippen molar-refractivity contribution in [1.29, 1.82) is 0 Å². The summed E-state index contributed by atoms with van der Waals surface area (Å²) in [5.41, 5.74) is 6.11. The lowest BCUT2D eigenvalue weighted by Gasteiger charge is -2.40. The van der Waals surface area contributed by atoms with E-state index in [9.17, 15) is 4.79 Å². The van der Waals surface area contributed by atoms with Crippen LogP contribution in [0.2, 0.25) is 0 Å². The Hall–Kier alpha value is 0.0700. The Kier molecular flexibility index (Phi) is 7.86. The predicted molar refractivity (Wildman–Crippen MR) is 94.1 cm³/mol. The highest BCUT2D eigenvalue weighted by atomic mass is 35.5. The van der Waals surface area contributed by atoms with Gasteiger partial charge in [-0.05, 0) is 38.4 Å². The third-order valence-electron chi connectivity index (χ3n) is 4.89. The fourth-order valence-corrected chi connectivity index (χ4v) is 4.75. The molecule has 2 aliphatic rings. The Balaban J connectivity index is 0.00000220. The van der Waals surface area contributed by atoms with Gasteiger partial charge in [-0.3, -0.25) is 4.79 Å². The van der Waals surface area contributed by atoms with E-state index in [0.717, 1.165) is 44.5 Å². The van der Waals surface area contributed by atoms with Crippen LogP contribution in [0.4, 0.5) is 0 Å². The topological polar surface area (TPSA) is 46.3 Å². The number of amides is 1. The van der Waals surface area contributed by atoms with E-state index in [1.54, 1.807) is 0 Å². The standard InChI is InChI=1S/C16H30N2OS.ClH/c1-3-20-13-8-5-7-11-18(12-13)15(19)14-9-4-6-10-16(14,2)17;/h13-14H,3-12,17H2,1-2H3;1H. The van der Waals surface area contributed by atoms with Crippen molar-refractivity contribution in [1.82, 2.24) is 4.90 Å². The van der Waals surface area contributed by atoms with Crippen molar-refractivity contribution in [3.8, 4) is 0 Å². The zero-order valence-electron chi connectivity index (χ0n) is 13.5. The summed E-state index contributed by atoms with van der Waals surface area (Å²) in [6.07, 6.45) is 7.97. The highest BCUT2D eigenvalue weighted by molar-refractivity contribution is 7.99. The summed E-state index contributed by atoms with van der Waals surface area (Å²) < 4.78 is 0. The van der Waals surface area contributed by atoms with Crippen LogP contribution in [0, 0.1) is 5.92 Å². The summed E-state index contributed by atoms with van der Waals surface area (Å²) in [7, 11) is 0. The van der Waals surface area contributed by atoms with Gasteiger partial charge < -0.3 is 10.6 Å². The molecule has 1 saturated heterocycles. The molecule has 1 aliphatic heterocycles. The van der Waals surface area contributed by atoms with E-state index >= 15 is 0 Å². The van der Waals surface area contributed by atoms with E-state index < -0.39 is 0 Å². The van der Waals surface area contributed by atoms with Crippen molar-refractivity contribution in [2.45, 2.75) is 69.6 Å². The van der Waals surface area contributed by atoms with Crippen molar-refractivity contribution in [2.24, 2.45) is 11.7 Å². The molecule has 3 nitrogen and oxygen atoms in total. The molecule has 0 radical (unpaired) electrons. The first kappa shape index (κ1) is 19.1. The minimum Gasteiger partial charge on any atom is -0.341 e. The number of carbonyl (C=O) groups is 1. The number of nitrogens with two attached hydrogens (primary N) is 1. The van der Waals surface area contributed by atoms with Gasteiger partial charge in [-0.15, -0.1) is 12.4 Å². The van der Waals surface area contributed by atoms with E-state index in [2.05, 4.69) is 18.7 Å². The molecule has 21 heavy (non-hydrogen) atoms. The van der Waals surface area contributed by atoms with Gasteiger partial charge in [0, 0.05) is 23.9 Å². The van der Waals surface area contributed by atoms with Crippen LogP contribution < -0.4 is 5.73 Å². The first-order valence-corrected chi connectivity index (χ1v) is 9.28. The minimum absolute atomic E-state index is 0. The molecule has 0 aromatic carbocycles. The second kappa shape index (κ2) is 8.64. The molecule has 0 spiro atoms. The molecule has 1 amide bonds. The zero-order chi connectivity index (χ0) is 14.6. The van der Waals surface area contributed by atoms with E-state index in [4.69, 9.17) is 5.73 Å². The third-order valence-corrected chi connectivity index (χ3v) is 6.08. The molecule has 2 N–H and O–H groups in total. The van der Waals surface area contributed by atoms with Gasteiger partial charge in [0.15, 0.2) is 0 Å². The summed E-state index contributed by atoms with van der Waals surface area (Å²) in [6.45, 7) is 6.15. The number of likely N-dealkylation sites (tertiary alicyclic amines) is 1. The van der Waals surface area contributed by atoms with Crippen LogP contribution in [0.15, 0.2) is 0 Å². The maximum Gasteiger partial charge on any atom is 0.227 e. The zero-order valence-corrected chi connectivity index (χ0v) is 15.1. The van der Waals surface area contributed by atoms with Gasteiger partial charge in [0.1, 0.15) is 0 Å². The lowest BCUT2D eigenvalue weighted by atomic mass is 9.74. The monoisotopic (exact) mass is 334 g/mol. The summed E-state index contributed by atoms with van der Waals surface area (Å²) in [5.74, 6) is 1.52. The second-order valence-corrected chi connectivity index (χ2v) is 8.24. The SMILES string of the molecule is CCSC1CCCCN(C(=O)C2CCCCC2(C)N)C1.Cl. The fourth-order valence-electron chi connectivity index (χ4n) is 3.66. The minimum atomic E-state index is -0.297. The van der Waals surface area contributed by atoms with Gasteiger partial charge in [-0.25, -0.2) is 0 Å². The van der Waals surface area contributed by atoms with Crippen LogP contribution in [0.1, 0.15) is 58.8 Å². The molecular weight excluding hydrogens is 304 g/mol. The molecule has 1 aliphatic carbocycles. The van der Waals surface area contributed by atoms with E-state index in [1.165, 1.54) is 19.3 Å². The fraction of sp³-hybridized carbons (Fsp3) is 0.938. The van der Waals surface area contributed by atoms with Crippen molar-refractivity contribution in [2.75, 3.05) is 18.8 Å². The van der Waals surface area contributed by atoms with Crippen LogP contribution >= 0.6 is 24.2 Å². The average molecular weight is 335 g/mol. The van der Waals surface area contributed by atoms with Crippen LogP contribution in [-0.2, 0) is 4.79 Å². The molecule has 0 aromatic heterocycles. The van der Waals surface area contributed by atoms with Gasteiger partial charge in [0.2, 0.25) is 5.91 Å². The molecule has 3 unspecified atom stereocenters. The van der Waals surface area contributed by atoms with Gasteiger partial charge in [-0.2, -0.15) is 11.8 Å². The van der Waals surface area contributed by atoms with Crippen molar-refractivity contribution < 1.29 is 4.79 Å². The second-order valence-electron chi connectivity index (χ2n) is 6.66. The Labute approximate surface area is 140 Å². The van der Waals surface area contributed by atoms with Crippen LogP contribution in [-0.4, -0.2) is 40.4 Å². The van der Waals surface area contributed by atoms with E-state index in [0.29, 0.717) is 11.2 Å². The number of rotatable bonds is 3. The van der Waals surface area contributed by atoms with E-state index in [-0.39, 0.29) is 23.9 Å². The van der Waals surface area contributed by atoms with Gasteiger partial charge >= 0.3 is 0 Å². The number of halogens is 1. The van der Waals surface area contributed by atoms with Crippen molar-refractivity contribution in [3.63, 3.8) is 0 Å². The Morgan fingerprint density at radius 2 is 2.00 bits per heavy atom. The summed E-state index contributed by atoms with van der Waals surface area (Å²) >= 11 is 2.01. The predicted octanol–water partition coefficient (Wildman–Crippen LogP) is 3.45. The van der Waals surface area contributed by atoms with Crippen LogP contribution in [0.3, 0.4) is 0 Å². The quantitative estimate of drug-likeness (QED) is 0.859. The largest absolute Gasteiger partial charge is 0.341 e. The number of hydrogen-bond acceptors (Lipinski definition) is 3. The highest BCUT2D eigenvalue weighted by Crippen LogP contribution is 2.34. The molecule has 1 saturated carbocycles. The number of hydrogen-bond donors (Lipinski definition) is 1. The summed E-state index contributed by atoms with van der Waals surface area (Å²) in [6, 6.07) is 0. The maximum atomic E-state index is 12.9. The summed E-state index contributed by atoms with van der Waals surface area (Å²) in [4.78, 5) is 15.0. The van der Waals surface area contributed by atoms with Gasteiger partial charge in [-0.1, -0.05) is 26.2 Å². The molecule has 0 bridgehead atoms. The molecule has 3 atom stereocenters. The molecule has 1 heterocycles. The molecule has 2 fully saturated rings. The molecule has 0 aromatic rings. The summed E-state index contributed by atoms with van der Waals surface area (Å²) in [5, 5.41) is 0.624. The smallest absolute Gasteiger partial charge is 0.227 e. The number of carbonyl (C=O) groups excluding carboxylic acids is 1. The number of thioether (sulfide) groups is 1. The van der Waals surface area contributed by atoms with Crippen LogP contribution in [0.5, 0.6) is 0 Å². The van der Waals surface area contributed by atoms with Crippen molar-refractivity contribution >= 4 is 30.1 Å². The lowest BCUT2D eigenvalue weighted by molar-refractivity contribution is -0.138. The first-order valence-electron chi connectivity index (χ1n) is 8.24. The van der Waals surface area contributed by atoms with Gasteiger partial charge in [0.05, 0.1) is 5.92 Å². The molecule has 5 heteroatoms. The molecular formula is C16H31ClN2OS. The van der Waals surface area contributed by atoms with Crippen molar-refractivity contribution in [3.05, 3.63) is 0 Å². The maximum absolute atomic E-state index is 12.9. The first-order chi connectivity index (χ1) is 9.54. The molecule has 2 rings (SSSR count). The Bertz CT molecular complexity index is 338. The Morgan fingerprint density at radius 1 is 1.29 bits per heavy atom. The van der Waals surface area contributed by atoms with Gasteiger partial charge in [0.25, 0.3) is 0 Å². The third kappa shape index (κ3) is 5.04. The average Bonchev–Trinajstić information content (AvgIpc) is 2.64. The van der Waals surface area contributed by atoms with E-state index in [1.807, 2.05) is 11.8 Å².